The molecule has 1 aliphatic heterocycles. The van der Waals surface area contributed by atoms with Crippen LogP contribution in [-0.4, -0.2) is 30.5 Å². The van der Waals surface area contributed by atoms with Gasteiger partial charge in [0, 0.05) is 18.7 Å². The van der Waals surface area contributed by atoms with E-state index in [-0.39, 0.29) is 17.1 Å². The Balaban J connectivity index is 2.35. The van der Waals surface area contributed by atoms with Gasteiger partial charge in [0.15, 0.2) is 9.84 Å². The summed E-state index contributed by atoms with van der Waals surface area (Å²) in [5, 5.41) is 2.96. The Hall–Kier alpha value is -1.08. The van der Waals surface area contributed by atoms with Gasteiger partial charge in [0.05, 0.1) is 17.1 Å². The summed E-state index contributed by atoms with van der Waals surface area (Å²) in [6.45, 7) is 1.02. The van der Waals surface area contributed by atoms with Crippen LogP contribution in [0.4, 0.5) is 0 Å². The lowest BCUT2D eigenvalue weighted by molar-refractivity contribution is 0.563. The van der Waals surface area contributed by atoms with Gasteiger partial charge in [0.25, 0.3) is 5.56 Å². The van der Waals surface area contributed by atoms with E-state index in [2.05, 4.69) is 5.10 Å². The number of nitrogens with one attached hydrogen (secondary N) is 1. The predicted octanol–water partition coefficient (Wildman–Crippen LogP) is -1.00. The number of H-pyrrole nitrogens is 1. The topological polar surface area (TPSA) is 97.9 Å². The lowest BCUT2D eigenvalue weighted by Gasteiger charge is -2.09. The van der Waals surface area contributed by atoms with Gasteiger partial charge in [-0.15, -0.1) is 0 Å². The summed E-state index contributed by atoms with van der Waals surface area (Å²) in [5.41, 5.74) is 6.32. The maximum atomic E-state index is 11.8. The summed E-state index contributed by atoms with van der Waals surface area (Å²) in [4.78, 5) is 11.8. The van der Waals surface area contributed by atoms with Crippen LogP contribution >= 0.6 is 0 Å². The number of fused-ring (bicyclic) bond motifs is 1. The molecule has 0 saturated carbocycles. The number of hydrogen-bond acceptors (Lipinski definition) is 4. The molecule has 1 aromatic rings. The van der Waals surface area contributed by atoms with Crippen molar-refractivity contribution in [2.75, 3.05) is 12.3 Å². The molecule has 7 heteroatoms. The van der Waals surface area contributed by atoms with E-state index >= 15 is 0 Å². The number of aryl methyl sites for hydroxylation is 2. The highest BCUT2D eigenvalue weighted by Gasteiger charge is 2.26. The van der Waals surface area contributed by atoms with Crippen LogP contribution in [0.3, 0.4) is 0 Å². The highest BCUT2D eigenvalue weighted by molar-refractivity contribution is 7.90. The Morgan fingerprint density at radius 3 is 2.88 bits per heavy atom. The van der Waals surface area contributed by atoms with E-state index in [1.54, 1.807) is 0 Å². The van der Waals surface area contributed by atoms with E-state index in [1.807, 2.05) is 0 Å². The third-order valence-corrected chi connectivity index (χ3v) is 4.31. The van der Waals surface area contributed by atoms with Crippen LogP contribution in [-0.2, 0) is 28.6 Å². The van der Waals surface area contributed by atoms with Crippen LogP contribution in [0.25, 0.3) is 0 Å². The van der Waals surface area contributed by atoms with Crippen LogP contribution in [0.5, 0.6) is 0 Å². The molecular weight excluding hydrogens is 230 g/mol. The second kappa shape index (κ2) is 4.06. The normalized spacial score (nSPS) is 18.3. The van der Waals surface area contributed by atoms with Crippen LogP contribution in [0, 0.1) is 0 Å². The van der Waals surface area contributed by atoms with Gasteiger partial charge in [0.2, 0.25) is 0 Å². The molecule has 16 heavy (non-hydrogen) atoms. The molecule has 0 amide bonds. The molecule has 3 N–H and O–H groups in total. The number of hydrogen-bond donors (Lipinski definition) is 2. The minimum Gasteiger partial charge on any atom is -0.330 e. The second-order valence-corrected chi connectivity index (χ2v) is 6.19. The number of nitrogens with zero attached hydrogens (tertiary/aromatic N) is 1. The lowest BCUT2D eigenvalue weighted by Crippen LogP contribution is -2.24. The molecule has 1 aromatic heterocycles. The lowest BCUT2D eigenvalue weighted by atomic mass is 10.2. The highest BCUT2D eigenvalue weighted by atomic mass is 32.2. The van der Waals surface area contributed by atoms with Crippen molar-refractivity contribution in [1.82, 2.24) is 9.78 Å². The van der Waals surface area contributed by atoms with Gasteiger partial charge < -0.3 is 5.73 Å². The third-order valence-electron chi connectivity index (χ3n) is 2.75. The number of rotatable bonds is 3. The Bertz CT molecular complexity index is 541. The summed E-state index contributed by atoms with van der Waals surface area (Å²) in [5.74, 6) is -0.00979. The highest BCUT2D eigenvalue weighted by Crippen LogP contribution is 2.15. The van der Waals surface area contributed by atoms with Crippen molar-refractivity contribution < 1.29 is 8.42 Å². The summed E-state index contributed by atoms with van der Waals surface area (Å²) in [6, 6.07) is 0. The average molecular weight is 245 g/mol. The monoisotopic (exact) mass is 245 g/mol. The SMILES string of the molecule is NCCCn1[nH]c2c(c1=O)CS(=O)(=O)CC2. The summed E-state index contributed by atoms with van der Waals surface area (Å²) in [7, 11) is -3.08. The first-order valence-corrected chi connectivity index (χ1v) is 7.06. The van der Waals surface area contributed by atoms with Crippen molar-refractivity contribution >= 4 is 9.84 Å². The van der Waals surface area contributed by atoms with Crippen molar-refractivity contribution in [1.29, 1.82) is 0 Å². The molecule has 0 aromatic carbocycles. The first kappa shape index (κ1) is 11.4. The van der Waals surface area contributed by atoms with Gasteiger partial charge in [-0.3, -0.25) is 14.6 Å². The van der Waals surface area contributed by atoms with Crippen molar-refractivity contribution in [3.8, 4) is 0 Å². The zero-order valence-electron chi connectivity index (χ0n) is 8.90. The molecule has 1 aliphatic rings. The standard InChI is InChI=1S/C9H15N3O3S/c10-3-1-4-12-9(13)7-6-16(14,15)5-2-8(7)11-12/h11H,1-6,10H2. The molecule has 0 spiro atoms. The molecule has 0 unspecified atom stereocenters. The van der Waals surface area contributed by atoms with Crippen LogP contribution < -0.4 is 11.3 Å². The Kier molecular flexibility index (Phi) is 2.90. The maximum absolute atomic E-state index is 11.8. The maximum Gasteiger partial charge on any atom is 0.270 e. The van der Waals surface area contributed by atoms with Gasteiger partial charge in [-0.05, 0) is 13.0 Å². The van der Waals surface area contributed by atoms with E-state index < -0.39 is 9.84 Å². The molecule has 6 nitrogen and oxygen atoms in total. The van der Waals surface area contributed by atoms with Gasteiger partial charge in [-0.2, -0.15) is 0 Å². The molecule has 2 heterocycles. The van der Waals surface area contributed by atoms with Gasteiger partial charge in [0.1, 0.15) is 0 Å². The number of sulfone groups is 1. The van der Waals surface area contributed by atoms with Crippen molar-refractivity contribution in [3.63, 3.8) is 0 Å². The number of nitrogens with two attached hydrogens (primary N) is 1. The molecule has 2 rings (SSSR count). The molecule has 0 bridgehead atoms. The quantitative estimate of drug-likeness (QED) is 0.713. The van der Waals surface area contributed by atoms with Crippen molar-refractivity contribution in [3.05, 3.63) is 21.6 Å². The van der Waals surface area contributed by atoms with Gasteiger partial charge in [-0.1, -0.05) is 0 Å². The van der Waals surface area contributed by atoms with E-state index in [9.17, 15) is 13.2 Å². The Morgan fingerprint density at radius 2 is 2.19 bits per heavy atom. The number of aromatic nitrogens is 2. The molecule has 90 valence electrons. The van der Waals surface area contributed by atoms with Gasteiger partial charge >= 0.3 is 0 Å². The largest absolute Gasteiger partial charge is 0.330 e. The fourth-order valence-electron chi connectivity index (χ4n) is 1.89. The molecular formula is C9H15N3O3S. The van der Waals surface area contributed by atoms with Crippen LogP contribution in [0.15, 0.2) is 4.79 Å². The van der Waals surface area contributed by atoms with Crippen LogP contribution in [0.2, 0.25) is 0 Å². The Morgan fingerprint density at radius 1 is 1.44 bits per heavy atom. The smallest absolute Gasteiger partial charge is 0.270 e. The van der Waals surface area contributed by atoms with E-state index in [1.165, 1.54) is 4.68 Å². The molecule has 0 aliphatic carbocycles. The predicted molar refractivity (Wildman–Crippen MR) is 59.9 cm³/mol. The van der Waals surface area contributed by atoms with Crippen molar-refractivity contribution in [2.24, 2.45) is 5.73 Å². The first-order chi connectivity index (χ1) is 7.53. The Labute approximate surface area is 93.3 Å². The van der Waals surface area contributed by atoms with E-state index in [4.69, 9.17) is 5.73 Å². The molecule has 0 radical (unpaired) electrons. The minimum absolute atomic E-state index is 0.122. The fourth-order valence-corrected chi connectivity index (χ4v) is 3.28. The number of aromatic amines is 1. The molecule has 0 saturated heterocycles. The fraction of sp³-hybridized carbons (Fsp3) is 0.667. The summed E-state index contributed by atoms with van der Waals surface area (Å²) < 4.78 is 24.3. The van der Waals surface area contributed by atoms with Crippen molar-refractivity contribution in [2.45, 2.75) is 25.1 Å². The van der Waals surface area contributed by atoms with Gasteiger partial charge in [-0.25, -0.2) is 8.42 Å². The molecule has 0 fully saturated rings. The van der Waals surface area contributed by atoms with Crippen LogP contribution in [0.1, 0.15) is 17.7 Å². The zero-order chi connectivity index (χ0) is 11.8. The van der Waals surface area contributed by atoms with E-state index in [0.717, 1.165) is 5.69 Å². The zero-order valence-corrected chi connectivity index (χ0v) is 9.72. The summed E-state index contributed by atoms with van der Waals surface area (Å²) in [6.07, 6.45) is 1.11. The van der Waals surface area contributed by atoms with E-state index in [0.29, 0.717) is 31.5 Å². The minimum atomic E-state index is -3.08. The molecule has 0 atom stereocenters. The second-order valence-electron chi connectivity index (χ2n) is 4.01. The summed E-state index contributed by atoms with van der Waals surface area (Å²) >= 11 is 0. The first-order valence-electron chi connectivity index (χ1n) is 5.24. The third kappa shape index (κ3) is 2.05. The average Bonchev–Trinajstić information content (AvgIpc) is 2.52.